The molecule has 0 aliphatic carbocycles. The average molecular weight is 1160 g/mol. The molecular formula is C57H100N12O13. The van der Waals surface area contributed by atoms with Crippen LogP contribution in [0.5, 0.6) is 0 Å². The van der Waals surface area contributed by atoms with Crippen molar-refractivity contribution in [3.8, 4) is 0 Å². The highest BCUT2D eigenvalue weighted by molar-refractivity contribution is 6.00. The lowest BCUT2D eigenvalue weighted by atomic mass is 9.96. The molecule has 0 aromatic heterocycles. The Labute approximate surface area is 485 Å². The highest BCUT2D eigenvalue weighted by Gasteiger charge is 2.46. The standard InChI is InChI=1S/C57H100N12O13/c1-30(2)26-36(29-70)59-48(76)40-20-18-24-68(40)53(81)56(14,15)66-47(75)39(28-32(5)6)60-46(74)38(27-31(3)4)61-49(77)41-21-19-25-69(41)54(82)57(16,17)67-51(79)44(34(9)10)64-50(78)43(33(7)8)63-45(73)37(22-23-42(58)72)62-52(80)55(12,13)65-35(11)71/h30-34,36-41,43-44,70H,18-29H2,1-17H3,(H2,58,72)(H,59,76)(H,60,74)(H,61,77)(H,62,80)(H,63,73)(H,64,78)(H,65,71)(H,66,75)(H,67,79). The summed E-state index contributed by atoms with van der Waals surface area (Å²) in [4.78, 5) is 166. The van der Waals surface area contributed by atoms with Crippen molar-refractivity contribution in [2.24, 2.45) is 35.3 Å². The molecule has 8 atom stereocenters. The molecule has 2 heterocycles. The van der Waals surface area contributed by atoms with Gasteiger partial charge in [0.2, 0.25) is 70.9 Å². The van der Waals surface area contributed by atoms with E-state index in [1.807, 2.05) is 41.5 Å². The third-order valence-electron chi connectivity index (χ3n) is 14.4. The van der Waals surface area contributed by atoms with E-state index in [4.69, 9.17) is 5.73 Å². The third-order valence-corrected chi connectivity index (χ3v) is 14.4. The maximum Gasteiger partial charge on any atom is 0.248 e. The fourth-order valence-electron chi connectivity index (χ4n) is 10.1. The summed E-state index contributed by atoms with van der Waals surface area (Å²) < 4.78 is 0. The molecular weight excluding hydrogens is 1060 g/mol. The summed E-state index contributed by atoms with van der Waals surface area (Å²) in [6.45, 7) is 28.2. The first-order valence-corrected chi connectivity index (χ1v) is 29.0. The molecule has 0 aromatic carbocycles. The number of nitrogens with two attached hydrogens (primary N) is 1. The van der Waals surface area contributed by atoms with E-state index in [1.165, 1.54) is 58.3 Å². The molecule has 0 radical (unpaired) electrons. The Morgan fingerprint density at radius 3 is 1.34 bits per heavy atom. The zero-order valence-corrected chi connectivity index (χ0v) is 51.8. The SMILES string of the molecule is CC(=O)NC(C)(C)C(=O)NC(CCC(N)=O)C(=O)NC(C(=O)NC(C(=O)NC(C)(C)C(=O)N1CCCC1C(=O)NC(CC(C)C)C(=O)NC(CC(C)C)C(=O)NC(C)(C)C(=O)N1CCCC1C(=O)NC(CO)CC(C)C)C(C)C)C(C)C. The summed E-state index contributed by atoms with van der Waals surface area (Å²) in [6.07, 6.45) is 1.95. The van der Waals surface area contributed by atoms with E-state index in [-0.39, 0.29) is 75.5 Å². The molecule has 2 fully saturated rings. The van der Waals surface area contributed by atoms with E-state index >= 15 is 0 Å². The summed E-state index contributed by atoms with van der Waals surface area (Å²) >= 11 is 0. The Kier molecular flexibility index (Phi) is 27.4. The minimum Gasteiger partial charge on any atom is -0.394 e. The van der Waals surface area contributed by atoms with Crippen LogP contribution in [0.2, 0.25) is 0 Å². The van der Waals surface area contributed by atoms with Gasteiger partial charge in [0.25, 0.3) is 0 Å². The lowest BCUT2D eigenvalue weighted by Gasteiger charge is -2.36. The molecule has 2 saturated heterocycles. The number of primary amides is 1. The topological polar surface area (TPSA) is 366 Å². The zero-order valence-electron chi connectivity index (χ0n) is 51.8. The van der Waals surface area contributed by atoms with Crippen molar-refractivity contribution >= 4 is 70.9 Å². The Bertz CT molecular complexity index is 2300. The van der Waals surface area contributed by atoms with E-state index in [0.29, 0.717) is 25.7 Å². The van der Waals surface area contributed by atoms with Gasteiger partial charge in [-0.25, -0.2) is 0 Å². The number of nitrogens with zero attached hydrogens (tertiary/aromatic N) is 2. The van der Waals surface area contributed by atoms with Crippen LogP contribution < -0.4 is 53.6 Å². The minimum atomic E-state index is -1.65. The Hall–Kier alpha value is -6.40. The van der Waals surface area contributed by atoms with Gasteiger partial charge in [-0.3, -0.25) is 57.5 Å². The number of aliphatic hydroxyl groups excluding tert-OH is 1. The second-order valence-electron chi connectivity index (χ2n) is 25.7. The molecule has 0 spiro atoms. The van der Waals surface area contributed by atoms with Crippen LogP contribution in [0.4, 0.5) is 0 Å². The van der Waals surface area contributed by atoms with Crippen molar-refractivity contribution in [3.63, 3.8) is 0 Å². The van der Waals surface area contributed by atoms with E-state index < -0.39 is 142 Å². The number of likely N-dealkylation sites (tertiary alicyclic amines) is 2. The molecule has 12 amide bonds. The number of hydrogen-bond acceptors (Lipinski definition) is 13. The van der Waals surface area contributed by atoms with E-state index in [0.717, 1.165) is 0 Å². The van der Waals surface area contributed by atoms with Gasteiger partial charge in [0.15, 0.2) is 0 Å². The molecule has 12 N–H and O–H groups in total. The number of rotatable bonds is 31. The molecule has 8 unspecified atom stereocenters. The fourth-order valence-corrected chi connectivity index (χ4v) is 10.1. The highest BCUT2D eigenvalue weighted by atomic mass is 16.3. The van der Waals surface area contributed by atoms with Gasteiger partial charge >= 0.3 is 0 Å². The monoisotopic (exact) mass is 1160 g/mol. The van der Waals surface area contributed by atoms with Crippen LogP contribution in [0.15, 0.2) is 0 Å². The summed E-state index contributed by atoms with van der Waals surface area (Å²) in [5.74, 6) is -8.95. The maximum atomic E-state index is 14.4. The molecule has 82 heavy (non-hydrogen) atoms. The van der Waals surface area contributed by atoms with Crippen LogP contribution >= 0.6 is 0 Å². The number of hydrogen-bond donors (Lipinski definition) is 11. The second kappa shape index (κ2) is 31.3. The Morgan fingerprint density at radius 2 is 0.915 bits per heavy atom. The normalized spacial score (nSPS) is 18.0. The van der Waals surface area contributed by atoms with Gasteiger partial charge in [-0.2, -0.15) is 0 Å². The van der Waals surface area contributed by atoms with Gasteiger partial charge in [0, 0.05) is 26.4 Å². The first-order chi connectivity index (χ1) is 37.8. The summed E-state index contributed by atoms with van der Waals surface area (Å²) in [6, 6.07) is -8.51. The lowest BCUT2D eigenvalue weighted by molar-refractivity contribution is -0.146. The molecule has 25 nitrogen and oxygen atoms in total. The molecule has 2 aliphatic heterocycles. The maximum absolute atomic E-state index is 14.4. The van der Waals surface area contributed by atoms with Gasteiger partial charge in [0.1, 0.15) is 58.9 Å². The quantitative estimate of drug-likeness (QED) is 0.0445. The average Bonchev–Trinajstić information content (AvgIpc) is 4.05. The van der Waals surface area contributed by atoms with Crippen molar-refractivity contribution in [2.45, 2.75) is 240 Å². The van der Waals surface area contributed by atoms with Crippen molar-refractivity contribution in [1.29, 1.82) is 0 Å². The number of amides is 12. The van der Waals surface area contributed by atoms with Gasteiger partial charge in [0.05, 0.1) is 12.6 Å². The number of carbonyl (C=O) groups is 12. The van der Waals surface area contributed by atoms with Crippen molar-refractivity contribution in [2.75, 3.05) is 19.7 Å². The van der Waals surface area contributed by atoms with E-state index in [1.54, 1.807) is 27.7 Å². The fraction of sp³-hybridized carbons (Fsp3) is 0.789. The van der Waals surface area contributed by atoms with Crippen LogP contribution in [-0.4, -0.2) is 170 Å². The van der Waals surface area contributed by atoms with Crippen molar-refractivity contribution < 1.29 is 62.6 Å². The van der Waals surface area contributed by atoms with Crippen LogP contribution in [0.3, 0.4) is 0 Å². The summed E-state index contributed by atoms with van der Waals surface area (Å²) in [5.41, 5.74) is 0.735. The molecule has 0 aromatic rings. The smallest absolute Gasteiger partial charge is 0.248 e. The molecule has 0 saturated carbocycles. The van der Waals surface area contributed by atoms with Gasteiger partial charge in [-0.05, 0) is 122 Å². The van der Waals surface area contributed by atoms with E-state index in [9.17, 15) is 62.6 Å². The summed E-state index contributed by atoms with van der Waals surface area (Å²) in [7, 11) is 0. The molecule has 2 aliphatic rings. The van der Waals surface area contributed by atoms with Crippen molar-refractivity contribution in [3.05, 3.63) is 0 Å². The van der Waals surface area contributed by atoms with Crippen LogP contribution in [0.1, 0.15) is 175 Å². The minimum absolute atomic E-state index is 0.109. The van der Waals surface area contributed by atoms with Gasteiger partial charge in [-0.15, -0.1) is 0 Å². The van der Waals surface area contributed by atoms with Gasteiger partial charge in [-0.1, -0.05) is 69.2 Å². The first-order valence-electron chi connectivity index (χ1n) is 29.0. The predicted octanol–water partition coefficient (Wildman–Crippen LogP) is 0.290. The van der Waals surface area contributed by atoms with Crippen LogP contribution in [0.25, 0.3) is 0 Å². The molecule has 466 valence electrons. The molecule has 0 bridgehead atoms. The van der Waals surface area contributed by atoms with E-state index in [2.05, 4.69) is 47.9 Å². The summed E-state index contributed by atoms with van der Waals surface area (Å²) in [5, 5.41) is 34.3. The highest BCUT2D eigenvalue weighted by Crippen LogP contribution is 2.25. The predicted molar refractivity (Wildman–Crippen MR) is 307 cm³/mol. The third kappa shape index (κ3) is 21.7. The largest absolute Gasteiger partial charge is 0.394 e. The Balaban J connectivity index is 2.28. The number of aliphatic hydroxyl groups is 1. The number of nitrogens with one attached hydrogen (secondary N) is 9. The van der Waals surface area contributed by atoms with Crippen LogP contribution in [0, 0.1) is 29.6 Å². The van der Waals surface area contributed by atoms with Gasteiger partial charge < -0.3 is 68.5 Å². The second-order valence-corrected chi connectivity index (χ2v) is 25.7. The first kappa shape index (κ1) is 71.7. The van der Waals surface area contributed by atoms with Crippen molar-refractivity contribution in [1.82, 2.24) is 57.7 Å². The molecule has 2 rings (SSSR count). The van der Waals surface area contributed by atoms with Crippen LogP contribution in [-0.2, 0) is 57.5 Å². The molecule has 25 heteroatoms. The number of carbonyl (C=O) groups excluding carboxylic acids is 12. The Morgan fingerprint density at radius 1 is 0.500 bits per heavy atom. The lowest BCUT2D eigenvalue weighted by Crippen LogP contribution is -2.64. The zero-order chi connectivity index (χ0) is 62.9.